The summed E-state index contributed by atoms with van der Waals surface area (Å²) in [5.74, 6) is 0.582. The normalized spacial score (nSPS) is 13.1. The largest absolute Gasteiger partial charge is 0.356 e. The van der Waals surface area contributed by atoms with Crippen molar-refractivity contribution in [1.82, 2.24) is 5.32 Å². The number of rotatable bonds is 8. The molecule has 1 aromatic carbocycles. The summed E-state index contributed by atoms with van der Waals surface area (Å²) in [7, 11) is 0. The second-order valence-corrected chi connectivity index (χ2v) is 6.34. The van der Waals surface area contributed by atoms with E-state index in [0.717, 1.165) is 30.3 Å². The number of hydrogen-bond donors (Lipinski definition) is 2. The molecule has 0 aromatic heterocycles. The lowest BCUT2D eigenvalue weighted by Gasteiger charge is -2.16. The molecule has 0 aliphatic carbocycles. The zero-order valence-electron chi connectivity index (χ0n) is 12.8. The molecule has 1 aromatic rings. The van der Waals surface area contributed by atoms with Crippen LogP contribution in [0.3, 0.4) is 0 Å². The maximum atomic E-state index is 11.7. The maximum absolute atomic E-state index is 11.7. The van der Waals surface area contributed by atoms with Gasteiger partial charge in [0.15, 0.2) is 0 Å². The van der Waals surface area contributed by atoms with Gasteiger partial charge in [-0.3, -0.25) is 4.79 Å². The van der Waals surface area contributed by atoms with Gasteiger partial charge in [-0.15, -0.1) is 12.4 Å². The van der Waals surface area contributed by atoms with Crippen molar-refractivity contribution in [3.8, 4) is 0 Å². The van der Waals surface area contributed by atoms with Gasteiger partial charge in [-0.2, -0.15) is 0 Å². The first-order valence-electron chi connectivity index (χ1n) is 7.28. The molecule has 0 heterocycles. The molecule has 0 saturated carbocycles. The highest BCUT2D eigenvalue weighted by Crippen LogP contribution is 2.16. The van der Waals surface area contributed by atoms with Crippen LogP contribution in [0.1, 0.15) is 38.7 Å². The highest BCUT2D eigenvalue weighted by atomic mass is 79.9. The number of amides is 1. The van der Waals surface area contributed by atoms with Crippen LogP contribution in [-0.4, -0.2) is 18.5 Å². The maximum Gasteiger partial charge on any atom is 0.220 e. The predicted molar refractivity (Wildman–Crippen MR) is 94.8 cm³/mol. The number of halogens is 2. The molecule has 0 aliphatic rings. The molecule has 3 N–H and O–H groups in total. The van der Waals surface area contributed by atoms with Gasteiger partial charge in [-0.25, -0.2) is 0 Å². The molecule has 0 spiro atoms. The van der Waals surface area contributed by atoms with Gasteiger partial charge in [-0.1, -0.05) is 41.4 Å². The van der Waals surface area contributed by atoms with Crippen molar-refractivity contribution in [3.63, 3.8) is 0 Å². The minimum absolute atomic E-state index is 0. The van der Waals surface area contributed by atoms with Crippen LogP contribution in [0.4, 0.5) is 0 Å². The Balaban J connectivity index is 0.00000400. The third-order valence-corrected chi connectivity index (χ3v) is 3.90. The van der Waals surface area contributed by atoms with Gasteiger partial charge in [0, 0.05) is 23.5 Å². The van der Waals surface area contributed by atoms with Gasteiger partial charge in [-0.05, 0) is 43.4 Å². The van der Waals surface area contributed by atoms with Gasteiger partial charge in [0.2, 0.25) is 5.91 Å². The summed E-state index contributed by atoms with van der Waals surface area (Å²) in [5, 5.41) is 3.02. The molecule has 0 fully saturated rings. The molecule has 0 bridgehead atoms. The Morgan fingerprint density at radius 2 is 2.14 bits per heavy atom. The van der Waals surface area contributed by atoms with Crippen molar-refractivity contribution in [1.29, 1.82) is 0 Å². The molecule has 0 radical (unpaired) electrons. The molecule has 120 valence electrons. The number of nitrogens with one attached hydrogen (secondary N) is 1. The topological polar surface area (TPSA) is 55.1 Å². The average Bonchev–Trinajstić information content (AvgIpc) is 2.41. The number of carbonyl (C=O) groups is 1. The Hall–Kier alpha value is -0.580. The van der Waals surface area contributed by atoms with E-state index in [1.165, 1.54) is 5.56 Å². The molecule has 21 heavy (non-hydrogen) atoms. The summed E-state index contributed by atoms with van der Waals surface area (Å²) in [5.41, 5.74) is 6.96. The van der Waals surface area contributed by atoms with Crippen molar-refractivity contribution in [2.75, 3.05) is 6.54 Å². The summed E-state index contributed by atoms with van der Waals surface area (Å²) in [6.07, 6.45) is 3.31. The molecular weight excluding hydrogens is 352 g/mol. The minimum atomic E-state index is 0. The van der Waals surface area contributed by atoms with Crippen LogP contribution in [0.2, 0.25) is 0 Å². The predicted octanol–water partition coefficient (Wildman–Crippen LogP) is 3.68. The molecule has 0 aliphatic heterocycles. The van der Waals surface area contributed by atoms with Gasteiger partial charge in [0.05, 0.1) is 0 Å². The molecule has 0 saturated heterocycles. The summed E-state index contributed by atoms with van der Waals surface area (Å²) >= 11 is 3.49. The van der Waals surface area contributed by atoms with Crippen LogP contribution >= 0.6 is 28.3 Å². The third-order valence-electron chi connectivity index (χ3n) is 3.41. The fraction of sp³-hybridized carbons (Fsp3) is 0.562. The van der Waals surface area contributed by atoms with Crippen molar-refractivity contribution in [2.45, 2.75) is 45.6 Å². The van der Waals surface area contributed by atoms with Crippen LogP contribution in [0.25, 0.3) is 0 Å². The highest BCUT2D eigenvalue weighted by molar-refractivity contribution is 9.10. The summed E-state index contributed by atoms with van der Waals surface area (Å²) < 4.78 is 1.10. The van der Waals surface area contributed by atoms with Crippen LogP contribution in [0, 0.1) is 5.92 Å². The van der Waals surface area contributed by atoms with Gasteiger partial charge < -0.3 is 11.1 Å². The molecule has 1 rings (SSSR count). The number of benzene rings is 1. The van der Waals surface area contributed by atoms with Crippen LogP contribution < -0.4 is 11.1 Å². The first kappa shape index (κ1) is 20.4. The fourth-order valence-corrected chi connectivity index (χ4v) is 2.51. The van der Waals surface area contributed by atoms with Crippen molar-refractivity contribution < 1.29 is 4.79 Å². The first-order chi connectivity index (χ1) is 9.51. The van der Waals surface area contributed by atoms with E-state index >= 15 is 0 Å². The lowest BCUT2D eigenvalue weighted by atomic mass is 9.97. The molecule has 5 heteroatoms. The quantitative estimate of drug-likeness (QED) is 0.726. The molecule has 3 nitrogen and oxygen atoms in total. The van der Waals surface area contributed by atoms with E-state index in [4.69, 9.17) is 5.73 Å². The van der Waals surface area contributed by atoms with E-state index in [9.17, 15) is 4.79 Å². The SMILES string of the molecule is CCC(CNC(=O)CCC(C)N)Cc1cccc(Br)c1.Cl. The smallest absolute Gasteiger partial charge is 0.220 e. The number of carbonyl (C=O) groups excluding carboxylic acids is 1. The van der Waals surface area contributed by atoms with E-state index < -0.39 is 0 Å². The number of hydrogen-bond acceptors (Lipinski definition) is 2. The first-order valence-corrected chi connectivity index (χ1v) is 8.07. The zero-order chi connectivity index (χ0) is 15.0. The molecule has 1 amide bonds. The van der Waals surface area contributed by atoms with Crippen LogP contribution in [0.5, 0.6) is 0 Å². The van der Waals surface area contributed by atoms with E-state index in [-0.39, 0.29) is 24.4 Å². The third kappa shape index (κ3) is 9.12. The van der Waals surface area contributed by atoms with Gasteiger partial charge in [0.1, 0.15) is 0 Å². The van der Waals surface area contributed by atoms with E-state index in [1.54, 1.807) is 0 Å². The van der Waals surface area contributed by atoms with Crippen LogP contribution in [-0.2, 0) is 11.2 Å². The van der Waals surface area contributed by atoms with E-state index in [1.807, 2.05) is 19.1 Å². The highest BCUT2D eigenvalue weighted by Gasteiger charge is 2.10. The molecule has 2 unspecified atom stereocenters. The van der Waals surface area contributed by atoms with Crippen molar-refractivity contribution in [2.24, 2.45) is 11.7 Å². The Morgan fingerprint density at radius 3 is 2.71 bits per heavy atom. The average molecular weight is 378 g/mol. The van der Waals surface area contributed by atoms with E-state index in [0.29, 0.717) is 12.3 Å². The lowest BCUT2D eigenvalue weighted by molar-refractivity contribution is -0.121. The zero-order valence-corrected chi connectivity index (χ0v) is 15.2. The summed E-state index contributed by atoms with van der Waals surface area (Å²) in [6, 6.07) is 8.43. The molecule has 2 atom stereocenters. The Labute approximate surface area is 142 Å². The summed E-state index contributed by atoms with van der Waals surface area (Å²) in [4.78, 5) is 11.7. The van der Waals surface area contributed by atoms with Crippen LogP contribution in [0.15, 0.2) is 28.7 Å². The van der Waals surface area contributed by atoms with Gasteiger partial charge >= 0.3 is 0 Å². The minimum Gasteiger partial charge on any atom is -0.356 e. The monoisotopic (exact) mass is 376 g/mol. The van der Waals surface area contributed by atoms with Gasteiger partial charge in [0.25, 0.3) is 0 Å². The standard InChI is InChI=1S/C16H25BrN2O.ClH/c1-3-13(9-14-5-4-6-15(17)10-14)11-19-16(20)8-7-12(2)18;/h4-6,10,12-13H,3,7-9,11,18H2,1-2H3,(H,19,20);1H. The number of nitrogens with two attached hydrogens (primary N) is 1. The Bertz CT molecular complexity index is 426. The Kier molecular flexibility index (Phi) is 10.7. The van der Waals surface area contributed by atoms with Crippen molar-refractivity contribution >= 4 is 34.2 Å². The van der Waals surface area contributed by atoms with E-state index in [2.05, 4.69) is 40.3 Å². The fourth-order valence-electron chi connectivity index (χ4n) is 2.06. The second kappa shape index (κ2) is 11.0. The summed E-state index contributed by atoms with van der Waals surface area (Å²) in [6.45, 7) is 4.83. The molecular formula is C16H26BrClN2O. The van der Waals surface area contributed by atoms with Crippen molar-refractivity contribution in [3.05, 3.63) is 34.3 Å². The lowest BCUT2D eigenvalue weighted by Crippen LogP contribution is -2.31. The Morgan fingerprint density at radius 1 is 1.43 bits per heavy atom. The second-order valence-electron chi connectivity index (χ2n) is 5.43.